The third-order valence-corrected chi connectivity index (χ3v) is 3.25. The van der Waals surface area contributed by atoms with Crippen molar-refractivity contribution in [2.45, 2.75) is 25.7 Å². The molecular formula is C14H21NO. The van der Waals surface area contributed by atoms with E-state index in [1.807, 2.05) is 51.4 Å². The van der Waals surface area contributed by atoms with Crippen molar-refractivity contribution in [3.63, 3.8) is 0 Å². The fourth-order valence-corrected chi connectivity index (χ4v) is 1.78. The molecule has 1 aromatic carbocycles. The molecule has 0 aliphatic rings. The van der Waals surface area contributed by atoms with Crippen molar-refractivity contribution in [3.05, 3.63) is 35.9 Å². The lowest BCUT2D eigenvalue weighted by Gasteiger charge is -2.28. The fourth-order valence-electron chi connectivity index (χ4n) is 1.78. The van der Waals surface area contributed by atoms with Crippen LogP contribution in [0.15, 0.2) is 30.3 Å². The quantitative estimate of drug-likeness (QED) is 0.758. The van der Waals surface area contributed by atoms with Crippen LogP contribution in [0, 0.1) is 0 Å². The Bertz CT molecular complexity index is 345. The third kappa shape index (κ3) is 2.92. The number of nitrogens with zero attached hydrogens (tertiary/aromatic N) is 1. The van der Waals surface area contributed by atoms with E-state index in [-0.39, 0.29) is 11.2 Å². The minimum Gasteiger partial charge on any atom is -0.309 e. The Kier molecular flexibility index (Phi) is 4.25. The van der Waals surface area contributed by atoms with Gasteiger partial charge in [0.25, 0.3) is 0 Å². The largest absolute Gasteiger partial charge is 0.309 e. The molecule has 2 heteroatoms. The molecule has 0 radical (unpaired) electrons. The van der Waals surface area contributed by atoms with Crippen LogP contribution in [0.3, 0.4) is 0 Å². The Balaban J connectivity index is 2.93. The molecule has 0 N–H and O–H groups in total. The summed E-state index contributed by atoms with van der Waals surface area (Å²) in [4.78, 5) is 14.0. The lowest BCUT2D eigenvalue weighted by Crippen LogP contribution is -2.34. The second-order valence-corrected chi connectivity index (χ2v) is 4.81. The van der Waals surface area contributed by atoms with Crippen LogP contribution in [0.5, 0.6) is 0 Å². The van der Waals surface area contributed by atoms with E-state index in [2.05, 4.69) is 4.90 Å². The van der Waals surface area contributed by atoms with Gasteiger partial charge in [0.15, 0.2) is 0 Å². The molecule has 1 atom stereocenters. The lowest BCUT2D eigenvalue weighted by atomic mass is 9.76. The van der Waals surface area contributed by atoms with E-state index in [0.29, 0.717) is 0 Å². The molecule has 2 nitrogen and oxygen atoms in total. The van der Waals surface area contributed by atoms with Gasteiger partial charge in [-0.15, -0.1) is 0 Å². The van der Waals surface area contributed by atoms with Crippen LogP contribution in [-0.2, 0) is 10.2 Å². The van der Waals surface area contributed by atoms with Gasteiger partial charge in [-0.05, 0) is 46.5 Å². The number of ketones is 1. The predicted octanol–water partition coefficient (Wildman–Crippen LogP) is 2.49. The summed E-state index contributed by atoms with van der Waals surface area (Å²) in [5.41, 5.74) is 0.760. The lowest BCUT2D eigenvalue weighted by molar-refractivity contribution is -0.122. The van der Waals surface area contributed by atoms with Crippen molar-refractivity contribution in [3.8, 4) is 0 Å². The maximum Gasteiger partial charge on any atom is 0.140 e. The first-order valence-corrected chi connectivity index (χ1v) is 5.68. The van der Waals surface area contributed by atoms with E-state index in [1.165, 1.54) is 0 Å². The molecule has 16 heavy (non-hydrogen) atoms. The molecule has 0 saturated carbocycles. The number of carbonyl (C=O) groups is 1. The van der Waals surface area contributed by atoms with Gasteiger partial charge in [-0.1, -0.05) is 30.3 Å². The second-order valence-electron chi connectivity index (χ2n) is 4.81. The average Bonchev–Trinajstić information content (AvgIpc) is 2.26. The minimum absolute atomic E-state index is 0.237. The molecule has 0 saturated heterocycles. The summed E-state index contributed by atoms with van der Waals surface area (Å²) >= 11 is 0. The van der Waals surface area contributed by atoms with Crippen LogP contribution in [0.4, 0.5) is 0 Å². The monoisotopic (exact) mass is 219 g/mol. The van der Waals surface area contributed by atoms with Crippen LogP contribution in [0.1, 0.15) is 25.8 Å². The SMILES string of the molecule is CC(=O)[C@@](C)(CCN(C)C)c1ccccc1. The van der Waals surface area contributed by atoms with Crippen molar-refractivity contribution in [2.24, 2.45) is 0 Å². The smallest absolute Gasteiger partial charge is 0.140 e. The Morgan fingerprint density at radius 3 is 2.25 bits per heavy atom. The van der Waals surface area contributed by atoms with E-state index in [1.54, 1.807) is 6.92 Å². The molecule has 0 unspecified atom stereocenters. The number of Topliss-reactive ketones (excluding diaryl/α,β-unsaturated/α-hetero) is 1. The van der Waals surface area contributed by atoms with Gasteiger partial charge in [-0.3, -0.25) is 4.79 Å². The zero-order valence-electron chi connectivity index (χ0n) is 10.7. The molecular weight excluding hydrogens is 198 g/mol. The summed E-state index contributed by atoms with van der Waals surface area (Å²) in [5, 5.41) is 0. The zero-order valence-corrected chi connectivity index (χ0v) is 10.7. The Morgan fingerprint density at radius 1 is 1.25 bits per heavy atom. The van der Waals surface area contributed by atoms with E-state index >= 15 is 0 Å². The molecule has 0 aliphatic heterocycles. The van der Waals surface area contributed by atoms with Crippen molar-refractivity contribution >= 4 is 5.78 Å². The van der Waals surface area contributed by atoms with E-state index in [4.69, 9.17) is 0 Å². The van der Waals surface area contributed by atoms with Crippen molar-refractivity contribution < 1.29 is 4.79 Å². The van der Waals surface area contributed by atoms with Gasteiger partial charge in [0.05, 0.1) is 5.41 Å². The molecule has 0 fully saturated rings. The van der Waals surface area contributed by atoms with Crippen LogP contribution < -0.4 is 0 Å². The van der Waals surface area contributed by atoms with Gasteiger partial charge in [0.2, 0.25) is 0 Å². The standard InChI is InChI=1S/C14H21NO/c1-12(16)14(2,10-11-15(3)4)13-8-6-5-7-9-13/h5-9H,10-11H2,1-4H3/t14-/m1/s1. The summed E-state index contributed by atoms with van der Waals surface area (Å²) in [6.45, 7) is 4.64. The van der Waals surface area contributed by atoms with Crippen LogP contribution in [0.2, 0.25) is 0 Å². The van der Waals surface area contributed by atoms with Crippen molar-refractivity contribution in [1.82, 2.24) is 4.90 Å². The number of hydrogen-bond acceptors (Lipinski definition) is 2. The average molecular weight is 219 g/mol. The minimum atomic E-state index is -0.356. The highest BCUT2D eigenvalue weighted by molar-refractivity contribution is 5.87. The van der Waals surface area contributed by atoms with Crippen LogP contribution in [0.25, 0.3) is 0 Å². The molecule has 0 aromatic heterocycles. The molecule has 1 aromatic rings. The normalized spacial score (nSPS) is 14.8. The summed E-state index contributed by atoms with van der Waals surface area (Å²) in [6, 6.07) is 10.0. The van der Waals surface area contributed by atoms with Crippen LogP contribution >= 0.6 is 0 Å². The third-order valence-electron chi connectivity index (χ3n) is 3.25. The highest BCUT2D eigenvalue weighted by Crippen LogP contribution is 2.28. The number of benzene rings is 1. The number of hydrogen-bond donors (Lipinski definition) is 0. The zero-order chi connectivity index (χ0) is 12.2. The van der Waals surface area contributed by atoms with Gasteiger partial charge >= 0.3 is 0 Å². The maximum absolute atomic E-state index is 11.9. The van der Waals surface area contributed by atoms with Gasteiger partial charge in [-0.25, -0.2) is 0 Å². The highest BCUT2D eigenvalue weighted by Gasteiger charge is 2.31. The molecule has 0 aliphatic carbocycles. The Hall–Kier alpha value is -1.15. The number of rotatable bonds is 5. The summed E-state index contributed by atoms with van der Waals surface area (Å²) < 4.78 is 0. The highest BCUT2D eigenvalue weighted by atomic mass is 16.1. The summed E-state index contributed by atoms with van der Waals surface area (Å²) in [6.07, 6.45) is 0.860. The summed E-state index contributed by atoms with van der Waals surface area (Å²) in [5.74, 6) is 0.237. The Morgan fingerprint density at radius 2 is 1.81 bits per heavy atom. The number of carbonyl (C=O) groups excluding carboxylic acids is 1. The first kappa shape index (κ1) is 12.9. The predicted molar refractivity (Wildman–Crippen MR) is 67.6 cm³/mol. The fraction of sp³-hybridized carbons (Fsp3) is 0.500. The maximum atomic E-state index is 11.9. The summed E-state index contributed by atoms with van der Waals surface area (Å²) in [7, 11) is 4.07. The van der Waals surface area contributed by atoms with Gasteiger partial charge in [-0.2, -0.15) is 0 Å². The topological polar surface area (TPSA) is 20.3 Å². The molecule has 0 spiro atoms. The van der Waals surface area contributed by atoms with Crippen molar-refractivity contribution in [1.29, 1.82) is 0 Å². The molecule has 0 heterocycles. The molecule has 88 valence electrons. The van der Waals surface area contributed by atoms with E-state index in [0.717, 1.165) is 18.5 Å². The molecule has 0 bridgehead atoms. The molecule has 0 amide bonds. The molecule has 1 rings (SSSR count). The first-order chi connectivity index (χ1) is 7.47. The van der Waals surface area contributed by atoms with E-state index < -0.39 is 0 Å². The van der Waals surface area contributed by atoms with Crippen LogP contribution in [-0.4, -0.2) is 31.3 Å². The van der Waals surface area contributed by atoms with Gasteiger partial charge in [0.1, 0.15) is 5.78 Å². The Labute approximate surface area is 98.3 Å². The van der Waals surface area contributed by atoms with Gasteiger partial charge in [0, 0.05) is 0 Å². The first-order valence-electron chi connectivity index (χ1n) is 5.68. The van der Waals surface area contributed by atoms with Crippen molar-refractivity contribution in [2.75, 3.05) is 20.6 Å². The van der Waals surface area contributed by atoms with E-state index in [9.17, 15) is 4.79 Å². The second kappa shape index (κ2) is 5.26. The van der Waals surface area contributed by atoms with Gasteiger partial charge < -0.3 is 4.90 Å².